The van der Waals surface area contributed by atoms with Crippen LogP contribution in [0.5, 0.6) is 0 Å². The van der Waals surface area contributed by atoms with Gasteiger partial charge in [-0.1, -0.05) is 35.4 Å². The quantitative estimate of drug-likeness (QED) is 0.746. The van der Waals surface area contributed by atoms with Gasteiger partial charge in [-0.15, -0.1) is 0 Å². The molecule has 0 saturated heterocycles. The molecule has 0 unspecified atom stereocenters. The Bertz CT molecular complexity index is 994. The predicted octanol–water partition coefficient (Wildman–Crippen LogP) is 1.90. The summed E-state index contributed by atoms with van der Waals surface area (Å²) in [7, 11) is -8.32. The molecule has 2 aromatic carbocycles. The zero-order valence-corrected chi connectivity index (χ0v) is 16.1. The second kappa shape index (κ2) is 7.56. The third-order valence-electron chi connectivity index (χ3n) is 3.52. The largest absolute Gasteiger partial charge is 0.297 e. The Morgan fingerprint density at radius 1 is 0.846 bits per heavy atom. The molecule has 0 aromatic heterocycles. The van der Waals surface area contributed by atoms with Crippen molar-refractivity contribution < 1.29 is 25.8 Å². The third-order valence-corrected chi connectivity index (χ3v) is 6.27. The second-order valence-corrected chi connectivity index (χ2v) is 9.04. The van der Waals surface area contributed by atoms with Gasteiger partial charge in [-0.25, -0.2) is 13.1 Å². The number of hydrogen-bond donors (Lipinski definition) is 1. The fourth-order valence-corrected chi connectivity index (χ4v) is 4.08. The summed E-state index contributed by atoms with van der Waals surface area (Å²) in [5, 5.41) is 0. The fourth-order valence-electron chi connectivity index (χ4n) is 1.99. The van der Waals surface area contributed by atoms with Crippen LogP contribution in [0.15, 0.2) is 58.3 Å². The first-order chi connectivity index (χ1) is 12.0. The van der Waals surface area contributed by atoms with E-state index in [1.54, 1.807) is 38.1 Å². The van der Waals surface area contributed by atoms with Gasteiger partial charge in [0.25, 0.3) is 26.0 Å². The van der Waals surface area contributed by atoms with E-state index in [2.05, 4.69) is 0 Å². The maximum atomic E-state index is 12.2. The minimum absolute atomic E-state index is 0.106. The van der Waals surface area contributed by atoms with E-state index in [1.165, 1.54) is 24.3 Å². The average Bonchev–Trinajstić information content (AvgIpc) is 2.54. The molecular formula is C17H19NO6S2. The van der Waals surface area contributed by atoms with Crippen molar-refractivity contribution in [2.24, 2.45) is 0 Å². The summed E-state index contributed by atoms with van der Waals surface area (Å²) in [6, 6.07) is 11.7. The summed E-state index contributed by atoms with van der Waals surface area (Å²) in [5.74, 6) is -1.08. The number of benzene rings is 2. The first-order valence-electron chi connectivity index (χ1n) is 7.64. The van der Waals surface area contributed by atoms with Crippen LogP contribution in [0.1, 0.15) is 18.1 Å². The van der Waals surface area contributed by atoms with Gasteiger partial charge in [0.1, 0.15) is 0 Å². The number of rotatable bonds is 6. The van der Waals surface area contributed by atoms with Gasteiger partial charge in [-0.2, -0.15) is 8.42 Å². The summed E-state index contributed by atoms with van der Waals surface area (Å²) < 4.78 is 55.4. The molecule has 7 nitrogen and oxygen atoms in total. The van der Waals surface area contributed by atoms with Crippen LogP contribution in [0.25, 0.3) is 0 Å². The maximum Gasteiger partial charge on any atom is 0.297 e. The van der Waals surface area contributed by atoms with Gasteiger partial charge in [0.2, 0.25) is 0 Å². The second-order valence-electron chi connectivity index (χ2n) is 5.79. The highest BCUT2D eigenvalue weighted by Crippen LogP contribution is 2.16. The Hall–Kier alpha value is -2.23. The van der Waals surface area contributed by atoms with Crippen LogP contribution in [0.3, 0.4) is 0 Å². The first kappa shape index (κ1) is 20.1. The lowest BCUT2D eigenvalue weighted by atomic mass is 10.2. The Kier molecular flexibility index (Phi) is 5.84. The summed E-state index contributed by atoms with van der Waals surface area (Å²) >= 11 is 0. The van der Waals surface area contributed by atoms with Crippen LogP contribution in [-0.4, -0.2) is 28.8 Å². The van der Waals surface area contributed by atoms with Crippen molar-refractivity contribution in [1.82, 2.24) is 4.72 Å². The fraction of sp³-hybridized carbons (Fsp3) is 0.235. The zero-order valence-electron chi connectivity index (χ0n) is 14.5. The summed E-state index contributed by atoms with van der Waals surface area (Å²) in [6.45, 7) is 4.75. The number of sulfonamides is 1. The summed E-state index contributed by atoms with van der Waals surface area (Å²) in [5.41, 5.74) is 1.72. The maximum absolute atomic E-state index is 12.2. The molecule has 0 spiro atoms. The zero-order chi connectivity index (χ0) is 19.5. The minimum Gasteiger partial charge on any atom is -0.271 e. The van der Waals surface area contributed by atoms with Gasteiger partial charge in [0, 0.05) is 0 Å². The molecule has 9 heteroatoms. The lowest BCUT2D eigenvalue weighted by Gasteiger charge is -2.14. The molecule has 0 radical (unpaired) electrons. The Morgan fingerprint density at radius 2 is 1.27 bits per heavy atom. The average molecular weight is 397 g/mol. The Morgan fingerprint density at radius 3 is 1.73 bits per heavy atom. The number of carbonyl (C=O) groups is 1. The van der Waals surface area contributed by atoms with Crippen LogP contribution >= 0.6 is 0 Å². The SMILES string of the molecule is Cc1ccc(S(=O)(=O)NC(=O)[C@H](C)OS(=O)(=O)c2ccc(C)cc2)cc1. The van der Waals surface area contributed by atoms with Crippen LogP contribution in [0.4, 0.5) is 0 Å². The van der Waals surface area contributed by atoms with Crippen molar-refractivity contribution >= 4 is 26.0 Å². The van der Waals surface area contributed by atoms with Crippen molar-refractivity contribution in [3.8, 4) is 0 Å². The summed E-state index contributed by atoms with van der Waals surface area (Å²) in [4.78, 5) is 11.9. The van der Waals surface area contributed by atoms with Crippen molar-refractivity contribution in [3.63, 3.8) is 0 Å². The summed E-state index contributed by atoms with van der Waals surface area (Å²) in [6.07, 6.45) is -1.53. The molecule has 1 amide bonds. The van der Waals surface area contributed by atoms with Crippen molar-refractivity contribution in [1.29, 1.82) is 0 Å². The number of hydrogen-bond acceptors (Lipinski definition) is 6. The molecule has 0 aliphatic heterocycles. The standard InChI is InChI=1S/C17H19NO6S2/c1-12-4-8-15(9-5-12)25(20,21)18-17(19)14(3)24-26(22,23)16-10-6-13(2)7-11-16/h4-11,14H,1-3H3,(H,18,19)/t14-/m0/s1. The Labute approximate surface area is 153 Å². The van der Waals surface area contributed by atoms with Gasteiger partial charge < -0.3 is 0 Å². The molecule has 140 valence electrons. The number of carbonyl (C=O) groups excluding carboxylic acids is 1. The molecule has 2 rings (SSSR count). The smallest absolute Gasteiger partial charge is 0.271 e. The molecule has 1 atom stereocenters. The normalized spacial score (nSPS) is 13.2. The number of nitrogens with one attached hydrogen (secondary N) is 1. The van der Waals surface area contributed by atoms with Crippen LogP contribution in [0.2, 0.25) is 0 Å². The van der Waals surface area contributed by atoms with E-state index < -0.39 is 32.2 Å². The molecule has 0 heterocycles. The van der Waals surface area contributed by atoms with Crippen molar-refractivity contribution in [2.45, 2.75) is 36.7 Å². The lowest BCUT2D eigenvalue weighted by molar-refractivity contribution is -0.125. The van der Waals surface area contributed by atoms with Gasteiger partial charge in [0.15, 0.2) is 6.10 Å². The highest BCUT2D eigenvalue weighted by atomic mass is 32.2. The number of amides is 1. The van der Waals surface area contributed by atoms with Gasteiger partial charge in [-0.05, 0) is 45.0 Å². The molecule has 0 aliphatic carbocycles. The Balaban J connectivity index is 2.11. The third kappa shape index (κ3) is 4.90. The first-order valence-corrected chi connectivity index (χ1v) is 10.5. The van der Waals surface area contributed by atoms with Crippen LogP contribution < -0.4 is 4.72 Å². The molecule has 1 N–H and O–H groups in total. The van der Waals surface area contributed by atoms with Gasteiger partial charge in [-0.3, -0.25) is 8.98 Å². The molecule has 2 aromatic rings. The minimum atomic E-state index is -4.20. The van der Waals surface area contributed by atoms with E-state index in [9.17, 15) is 21.6 Å². The van der Waals surface area contributed by atoms with E-state index in [0.29, 0.717) is 0 Å². The van der Waals surface area contributed by atoms with E-state index in [4.69, 9.17) is 4.18 Å². The van der Waals surface area contributed by atoms with Gasteiger partial charge >= 0.3 is 0 Å². The van der Waals surface area contributed by atoms with Crippen LogP contribution in [0, 0.1) is 13.8 Å². The highest BCUT2D eigenvalue weighted by Gasteiger charge is 2.27. The van der Waals surface area contributed by atoms with Crippen molar-refractivity contribution in [2.75, 3.05) is 0 Å². The topological polar surface area (TPSA) is 107 Å². The van der Waals surface area contributed by atoms with E-state index in [1.807, 2.05) is 4.72 Å². The molecule has 0 bridgehead atoms. The van der Waals surface area contributed by atoms with Crippen LogP contribution in [-0.2, 0) is 29.1 Å². The van der Waals surface area contributed by atoms with Gasteiger partial charge in [0.05, 0.1) is 9.79 Å². The van der Waals surface area contributed by atoms with E-state index >= 15 is 0 Å². The van der Waals surface area contributed by atoms with E-state index in [0.717, 1.165) is 18.1 Å². The molecular weight excluding hydrogens is 378 g/mol. The molecule has 0 saturated carbocycles. The predicted molar refractivity (Wildman–Crippen MR) is 95.4 cm³/mol. The molecule has 0 fully saturated rings. The lowest BCUT2D eigenvalue weighted by Crippen LogP contribution is -2.39. The van der Waals surface area contributed by atoms with E-state index in [-0.39, 0.29) is 9.79 Å². The highest BCUT2D eigenvalue weighted by molar-refractivity contribution is 7.90. The number of aryl methyl sites for hydroxylation is 2. The molecule has 26 heavy (non-hydrogen) atoms. The van der Waals surface area contributed by atoms with Crippen molar-refractivity contribution in [3.05, 3.63) is 59.7 Å². The monoisotopic (exact) mass is 397 g/mol. The molecule has 0 aliphatic rings.